The Morgan fingerprint density at radius 2 is 1.83 bits per heavy atom. The summed E-state index contributed by atoms with van der Waals surface area (Å²) in [6.07, 6.45) is 6.93. The van der Waals surface area contributed by atoms with Crippen LogP contribution in [0.3, 0.4) is 0 Å². The zero-order valence-electron chi connectivity index (χ0n) is 13.9. The molecule has 0 atom stereocenters. The lowest BCUT2D eigenvalue weighted by Crippen LogP contribution is -2.35. The minimum atomic E-state index is 0.0629. The van der Waals surface area contributed by atoms with Gasteiger partial charge in [-0.1, -0.05) is 48.8 Å². The molecule has 0 saturated heterocycles. The van der Waals surface area contributed by atoms with Gasteiger partial charge in [0.05, 0.1) is 17.8 Å². The summed E-state index contributed by atoms with van der Waals surface area (Å²) in [5.74, 6) is 6.70. The molecule has 3 rings (SSSR count). The topological polar surface area (TPSA) is 75.3 Å². The van der Waals surface area contributed by atoms with E-state index in [0.717, 1.165) is 31.2 Å². The molecule has 1 aromatic carbocycles. The van der Waals surface area contributed by atoms with E-state index >= 15 is 0 Å². The summed E-state index contributed by atoms with van der Waals surface area (Å²) in [6, 6.07) is 8.04. The van der Waals surface area contributed by atoms with Gasteiger partial charge in [0.1, 0.15) is 0 Å². The van der Waals surface area contributed by atoms with Crippen molar-refractivity contribution in [1.82, 2.24) is 9.97 Å². The van der Waals surface area contributed by atoms with Gasteiger partial charge in [0.25, 0.3) is 0 Å². The molecule has 0 aliphatic heterocycles. The van der Waals surface area contributed by atoms with Crippen LogP contribution in [-0.4, -0.2) is 21.2 Å². The van der Waals surface area contributed by atoms with Crippen LogP contribution in [0.15, 0.2) is 30.5 Å². The van der Waals surface area contributed by atoms with E-state index in [9.17, 15) is 5.21 Å². The van der Waals surface area contributed by atoms with Gasteiger partial charge < -0.3 is 5.73 Å². The van der Waals surface area contributed by atoms with Crippen molar-refractivity contribution in [3.05, 3.63) is 47.2 Å². The van der Waals surface area contributed by atoms with E-state index in [1.807, 2.05) is 31.2 Å². The molecular weight excluding hydrogens is 300 g/mol. The molecular formula is C19H22N4O. The predicted octanol–water partition coefficient (Wildman–Crippen LogP) is 3.30. The second kappa shape index (κ2) is 7.33. The number of aryl methyl sites for hydroxylation is 1. The fourth-order valence-corrected chi connectivity index (χ4v) is 2.92. The van der Waals surface area contributed by atoms with E-state index in [4.69, 9.17) is 5.73 Å². The Balaban J connectivity index is 1.89. The lowest BCUT2D eigenvalue weighted by atomic mass is 9.95. The van der Waals surface area contributed by atoms with Crippen molar-refractivity contribution in [2.24, 2.45) is 0 Å². The maximum Gasteiger partial charge on any atom is 0.222 e. The Bertz CT molecular complexity index is 755. The van der Waals surface area contributed by atoms with Crippen molar-refractivity contribution >= 4 is 11.8 Å². The van der Waals surface area contributed by atoms with Gasteiger partial charge in [-0.25, -0.2) is 10.0 Å². The largest absolute Gasteiger partial charge is 0.368 e. The lowest BCUT2D eigenvalue weighted by molar-refractivity contribution is 0.187. The average Bonchev–Trinajstić information content (AvgIpc) is 2.62. The first-order chi connectivity index (χ1) is 11.6. The molecule has 1 fully saturated rings. The summed E-state index contributed by atoms with van der Waals surface area (Å²) < 4.78 is 0. The van der Waals surface area contributed by atoms with Gasteiger partial charge in [-0.05, 0) is 31.9 Å². The zero-order valence-corrected chi connectivity index (χ0v) is 13.9. The smallest absolute Gasteiger partial charge is 0.222 e. The van der Waals surface area contributed by atoms with Crippen LogP contribution in [0, 0.1) is 18.8 Å². The number of nitrogen functional groups attached to an aromatic ring is 1. The number of anilines is 2. The Hall–Kier alpha value is -2.58. The highest BCUT2D eigenvalue weighted by Crippen LogP contribution is 2.26. The first-order valence-electron chi connectivity index (χ1n) is 8.33. The Kier molecular flexibility index (Phi) is 4.97. The minimum absolute atomic E-state index is 0.0629. The monoisotopic (exact) mass is 322 g/mol. The summed E-state index contributed by atoms with van der Waals surface area (Å²) in [5, 5.41) is 11.8. The molecule has 0 unspecified atom stereocenters. The van der Waals surface area contributed by atoms with Gasteiger partial charge in [0.2, 0.25) is 5.95 Å². The first kappa shape index (κ1) is 16.3. The Morgan fingerprint density at radius 3 is 2.54 bits per heavy atom. The van der Waals surface area contributed by atoms with E-state index in [2.05, 4.69) is 21.8 Å². The first-order valence-corrected chi connectivity index (χ1v) is 8.33. The molecule has 1 saturated carbocycles. The van der Waals surface area contributed by atoms with Crippen molar-refractivity contribution in [1.29, 1.82) is 0 Å². The second-order valence-electron chi connectivity index (χ2n) is 6.22. The maximum absolute atomic E-state index is 10.6. The molecule has 1 heterocycles. The summed E-state index contributed by atoms with van der Waals surface area (Å²) in [6.45, 7) is 2.04. The summed E-state index contributed by atoms with van der Waals surface area (Å²) >= 11 is 0. The number of hydroxylamine groups is 1. The van der Waals surface area contributed by atoms with Crippen LogP contribution in [-0.2, 0) is 0 Å². The van der Waals surface area contributed by atoms with Crippen molar-refractivity contribution in [3.8, 4) is 11.8 Å². The molecule has 0 amide bonds. The third-order valence-corrected chi connectivity index (χ3v) is 4.32. The molecule has 0 spiro atoms. The highest BCUT2D eigenvalue weighted by atomic mass is 16.5. The predicted molar refractivity (Wildman–Crippen MR) is 94.7 cm³/mol. The second-order valence-corrected chi connectivity index (χ2v) is 6.22. The molecule has 1 aliphatic rings. The van der Waals surface area contributed by atoms with E-state index in [1.54, 1.807) is 6.20 Å². The van der Waals surface area contributed by atoms with E-state index in [0.29, 0.717) is 11.4 Å². The van der Waals surface area contributed by atoms with Crippen LogP contribution >= 0.6 is 0 Å². The number of nitrogens with two attached hydrogens (primary N) is 1. The Morgan fingerprint density at radius 1 is 1.12 bits per heavy atom. The summed E-state index contributed by atoms with van der Waals surface area (Å²) in [7, 11) is 0. The van der Waals surface area contributed by atoms with Crippen LogP contribution in [0.2, 0.25) is 0 Å². The fraction of sp³-hybridized carbons (Fsp3) is 0.368. The van der Waals surface area contributed by atoms with Gasteiger partial charge in [-0.3, -0.25) is 5.21 Å². The average molecular weight is 322 g/mol. The van der Waals surface area contributed by atoms with E-state index < -0.39 is 0 Å². The van der Waals surface area contributed by atoms with E-state index in [-0.39, 0.29) is 12.0 Å². The number of hydrogen-bond donors (Lipinski definition) is 2. The highest BCUT2D eigenvalue weighted by Gasteiger charge is 2.23. The van der Waals surface area contributed by atoms with Gasteiger partial charge in [0.15, 0.2) is 5.82 Å². The SMILES string of the molecule is Cc1ccc(C#Cc2cnc(N)nc2N(O)C2CCCCC2)cc1. The molecule has 3 N–H and O–H groups in total. The van der Waals surface area contributed by atoms with Gasteiger partial charge in [0, 0.05) is 5.56 Å². The maximum atomic E-state index is 10.6. The number of hydrogen-bond acceptors (Lipinski definition) is 5. The number of rotatable bonds is 2. The molecule has 5 heteroatoms. The third kappa shape index (κ3) is 3.84. The van der Waals surface area contributed by atoms with Crippen molar-refractivity contribution in [3.63, 3.8) is 0 Å². The van der Waals surface area contributed by atoms with E-state index in [1.165, 1.54) is 17.0 Å². The standard InChI is InChI=1S/C19H22N4O/c1-14-7-9-15(10-8-14)11-12-16-13-21-19(20)22-18(16)23(24)17-5-3-2-4-6-17/h7-10,13,17,24H,2-6H2,1H3,(H2,20,21,22). The summed E-state index contributed by atoms with van der Waals surface area (Å²) in [5.41, 5.74) is 8.39. The molecule has 2 aromatic rings. The van der Waals surface area contributed by atoms with Crippen LogP contribution < -0.4 is 10.8 Å². The quantitative estimate of drug-likeness (QED) is 0.655. The van der Waals surface area contributed by atoms with Crippen molar-refractivity contribution in [2.75, 3.05) is 10.8 Å². The van der Waals surface area contributed by atoms with Gasteiger partial charge >= 0.3 is 0 Å². The van der Waals surface area contributed by atoms with Gasteiger partial charge in [-0.2, -0.15) is 4.98 Å². The molecule has 0 radical (unpaired) electrons. The Labute approximate surface area is 142 Å². The minimum Gasteiger partial charge on any atom is -0.368 e. The van der Waals surface area contributed by atoms with Crippen molar-refractivity contribution in [2.45, 2.75) is 45.1 Å². The van der Waals surface area contributed by atoms with Gasteiger partial charge in [-0.15, -0.1) is 0 Å². The normalized spacial score (nSPS) is 14.8. The highest BCUT2D eigenvalue weighted by molar-refractivity contribution is 5.57. The zero-order chi connectivity index (χ0) is 16.9. The number of nitrogens with zero attached hydrogens (tertiary/aromatic N) is 3. The molecule has 1 aliphatic carbocycles. The van der Waals surface area contributed by atoms with Crippen LogP contribution in [0.1, 0.15) is 48.8 Å². The summed E-state index contributed by atoms with van der Waals surface area (Å²) in [4.78, 5) is 8.23. The fourth-order valence-electron chi connectivity index (χ4n) is 2.92. The molecule has 1 aromatic heterocycles. The third-order valence-electron chi connectivity index (χ3n) is 4.32. The van der Waals surface area contributed by atoms with Crippen LogP contribution in [0.5, 0.6) is 0 Å². The number of aromatic nitrogens is 2. The van der Waals surface area contributed by atoms with Crippen molar-refractivity contribution < 1.29 is 5.21 Å². The lowest BCUT2D eigenvalue weighted by Gasteiger charge is -2.30. The van der Waals surface area contributed by atoms with Crippen LogP contribution in [0.4, 0.5) is 11.8 Å². The number of benzene rings is 1. The molecule has 124 valence electrons. The molecule has 0 bridgehead atoms. The molecule has 5 nitrogen and oxygen atoms in total. The van der Waals surface area contributed by atoms with Crippen LogP contribution in [0.25, 0.3) is 0 Å². The molecule has 24 heavy (non-hydrogen) atoms.